The molecular weight excluding hydrogens is 320 g/mol. The molecule has 0 unspecified atom stereocenters. The van der Waals surface area contributed by atoms with Crippen molar-refractivity contribution >= 4 is 17.3 Å². The van der Waals surface area contributed by atoms with Crippen molar-refractivity contribution in [3.63, 3.8) is 0 Å². The predicted octanol–water partition coefficient (Wildman–Crippen LogP) is 3.07. The maximum absolute atomic E-state index is 5.25. The summed E-state index contributed by atoms with van der Waals surface area (Å²) >= 11 is 1.77. The number of guanidine groups is 1. The SMILES string of the molecule is CCNC(=NCc1cccc(OC)c1)NCCc1sc(C)nc1C. The summed E-state index contributed by atoms with van der Waals surface area (Å²) in [4.78, 5) is 10.5. The van der Waals surface area contributed by atoms with Gasteiger partial charge in [-0.1, -0.05) is 12.1 Å². The lowest BCUT2D eigenvalue weighted by Crippen LogP contribution is -2.38. The zero-order valence-corrected chi connectivity index (χ0v) is 15.7. The fourth-order valence-corrected chi connectivity index (χ4v) is 3.32. The van der Waals surface area contributed by atoms with E-state index in [0.717, 1.165) is 47.5 Å². The van der Waals surface area contributed by atoms with Gasteiger partial charge in [-0.15, -0.1) is 11.3 Å². The molecule has 1 aromatic heterocycles. The van der Waals surface area contributed by atoms with Gasteiger partial charge in [0.15, 0.2) is 5.96 Å². The molecule has 1 heterocycles. The van der Waals surface area contributed by atoms with E-state index in [0.29, 0.717) is 6.54 Å². The first kappa shape index (κ1) is 18.3. The van der Waals surface area contributed by atoms with Gasteiger partial charge in [-0.2, -0.15) is 0 Å². The Kier molecular flexibility index (Phi) is 7.06. The van der Waals surface area contributed by atoms with E-state index >= 15 is 0 Å². The number of hydrogen-bond acceptors (Lipinski definition) is 4. The van der Waals surface area contributed by atoms with Crippen LogP contribution in [0.2, 0.25) is 0 Å². The summed E-state index contributed by atoms with van der Waals surface area (Å²) in [6.45, 7) is 8.48. The average Bonchev–Trinajstić information content (AvgIpc) is 2.90. The van der Waals surface area contributed by atoms with Gasteiger partial charge in [-0.05, 0) is 38.5 Å². The lowest BCUT2D eigenvalue weighted by molar-refractivity contribution is 0.414. The van der Waals surface area contributed by atoms with Crippen molar-refractivity contribution in [2.24, 2.45) is 4.99 Å². The summed E-state index contributed by atoms with van der Waals surface area (Å²) in [5.41, 5.74) is 2.26. The molecule has 2 N–H and O–H groups in total. The van der Waals surface area contributed by atoms with Crippen molar-refractivity contribution in [3.05, 3.63) is 45.4 Å². The van der Waals surface area contributed by atoms with E-state index in [4.69, 9.17) is 4.74 Å². The van der Waals surface area contributed by atoms with Crippen LogP contribution in [0.5, 0.6) is 5.75 Å². The number of aliphatic imine (C=N–C) groups is 1. The van der Waals surface area contributed by atoms with Crippen LogP contribution < -0.4 is 15.4 Å². The van der Waals surface area contributed by atoms with Crippen LogP contribution in [-0.2, 0) is 13.0 Å². The molecule has 5 nitrogen and oxygen atoms in total. The fraction of sp³-hybridized carbons (Fsp3) is 0.444. The van der Waals surface area contributed by atoms with Crippen LogP contribution in [0.3, 0.4) is 0 Å². The van der Waals surface area contributed by atoms with E-state index in [9.17, 15) is 0 Å². The number of ether oxygens (including phenoxy) is 1. The lowest BCUT2D eigenvalue weighted by Gasteiger charge is -2.11. The first-order chi connectivity index (χ1) is 11.6. The Morgan fingerprint density at radius 3 is 2.79 bits per heavy atom. The molecule has 0 aliphatic rings. The van der Waals surface area contributed by atoms with Crippen LogP contribution in [0.4, 0.5) is 0 Å². The highest BCUT2D eigenvalue weighted by atomic mass is 32.1. The van der Waals surface area contributed by atoms with Gasteiger partial charge in [0.05, 0.1) is 24.4 Å². The van der Waals surface area contributed by atoms with Gasteiger partial charge in [-0.25, -0.2) is 9.98 Å². The number of benzene rings is 1. The molecule has 130 valence electrons. The van der Waals surface area contributed by atoms with Gasteiger partial charge in [0.2, 0.25) is 0 Å². The van der Waals surface area contributed by atoms with Gasteiger partial charge >= 0.3 is 0 Å². The first-order valence-electron chi connectivity index (χ1n) is 8.20. The molecule has 0 aliphatic heterocycles. The first-order valence-corrected chi connectivity index (χ1v) is 9.02. The van der Waals surface area contributed by atoms with Crippen molar-refractivity contribution in [2.45, 2.75) is 33.7 Å². The Balaban J connectivity index is 1.91. The number of hydrogen-bond donors (Lipinski definition) is 2. The monoisotopic (exact) mass is 346 g/mol. The molecule has 2 rings (SSSR count). The van der Waals surface area contributed by atoms with Gasteiger partial charge in [0, 0.05) is 24.4 Å². The second-order valence-corrected chi connectivity index (χ2v) is 6.75. The molecule has 2 aromatic rings. The number of rotatable bonds is 7. The normalized spacial score (nSPS) is 11.4. The molecule has 0 spiro atoms. The van der Waals surface area contributed by atoms with Gasteiger partial charge in [-0.3, -0.25) is 0 Å². The van der Waals surface area contributed by atoms with Crippen LogP contribution in [0, 0.1) is 13.8 Å². The minimum atomic E-state index is 0.616. The lowest BCUT2D eigenvalue weighted by atomic mass is 10.2. The summed E-state index contributed by atoms with van der Waals surface area (Å²) in [6.07, 6.45) is 0.959. The smallest absolute Gasteiger partial charge is 0.191 e. The zero-order valence-electron chi connectivity index (χ0n) is 14.8. The highest BCUT2D eigenvalue weighted by molar-refractivity contribution is 7.11. The summed E-state index contributed by atoms with van der Waals surface area (Å²) in [5, 5.41) is 7.80. The van der Waals surface area contributed by atoms with Crippen molar-refractivity contribution in [1.82, 2.24) is 15.6 Å². The van der Waals surface area contributed by atoms with Gasteiger partial charge < -0.3 is 15.4 Å². The van der Waals surface area contributed by atoms with Crippen molar-refractivity contribution in [2.75, 3.05) is 20.2 Å². The highest BCUT2D eigenvalue weighted by Gasteiger charge is 2.05. The summed E-state index contributed by atoms with van der Waals surface area (Å²) in [7, 11) is 1.68. The summed E-state index contributed by atoms with van der Waals surface area (Å²) in [6, 6.07) is 7.99. The van der Waals surface area contributed by atoms with Gasteiger partial charge in [0.25, 0.3) is 0 Å². The Morgan fingerprint density at radius 2 is 2.12 bits per heavy atom. The number of nitrogens with zero attached hydrogens (tertiary/aromatic N) is 2. The summed E-state index contributed by atoms with van der Waals surface area (Å²) < 4.78 is 5.25. The van der Waals surface area contributed by atoms with Crippen LogP contribution in [0.1, 0.15) is 28.1 Å². The van der Waals surface area contributed by atoms with E-state index in [1.54, 1.807) is 18.4 Å². The molecule has 24 heavy (non-hydrogen) atoms. The topological polar surface area (TPSA) is 58.5 Å². The third kappa shape index (κ3) is 5.53. The van der Waals surface area contributed by atoms with Crippen LogP contribution in [0.25, 0.3) is 0 Å². The molecular formula is C18H26N4OS. The molecule has 0 amide bonds. The minimum Gasteiger partial charge on any atom is -0.497 e. The molecule has 0 radical (unpaired) electrons. The second kappa shape index (κ2) is 9.27. The maximum Gasteiger partial charge on any atom is 0.191 e. The van der Waals surface area contributed by atoms with E-state index in [2.05, 4.69) is 40.5 Å². The number of aryl methyl sites for hydroxylation is 2. The molecule has 0 aliphatic carbocycles. The third-order valence-electron chi connectivity index (χ3n) is 3.54. The standard InChI is InChI=1S/C18H26N4OS/c1-5-19-18(20-10-9-17-13(2)22-14(3)24-17)21-12-15-7-6-8-16(11-15)23-4/h6-8,11H,5,9-10,12H2,1-4H3,(H2,19,20,21). The van der Waals surface area contributed by atoms with Crippen LogP contribution in [-0.4, -0.2) is 31.1 Å². The highest BCUT2D eigenvalue weighted by Crippen LogP contribution is 2.17. The molecule has 0 fully saturated rings. The molecule has 1 aromatic carbocycles. The Morgan fingerprint density at radius 1 is 1.29 bits per heavy atom. The van der Waals surface area contributed by atoms with Crippen molar-refractivity contribution in [1.29, 1.82) is 0 Å². The summed E-state index contributed by atoms with van der Waals surface area (Å²) in [5.74, 6) is 1.69. The molecule has 0 saturated carbocycles. The molecule has 0 atom stereocenters. The molecule has 0 saturated heterocycles. The minimum absolute atomic E-state index is 0.616. The number of nitrogens with one attached hydrogen (secondary N) is 2. The Labute approximate surface area is 148 Å². The predicted molar refractivity (Wildman–Crippen MR) is 101 cm³/mol. The molecule has 0 bridgehead atoms. The fourth-order valence-electron chi connectivity index (χ4n) is 2.38. The van der Waals surface area contributed by atoms with Crippen molar-refractivity contribution in [3.8, 4) is 5.75 Å². The van der Waals surface area contributed by atoms with E-state index < -0.39 is 0 Å². The van der Waals surface area contributed by atoms with Crippen LogP contribution in [0.15, 0.2) is 29.3 Å². The van der Waals surface area contributed by atoms with E-state index in [-0.39, 0.29) is 0 Å². The Bertz CT molecular complexity index is 681. The van der Waals surface area contributed by atoms with Crippen molar-refractivity contribution < 1.29 is 4.74 Å². The molecule has 6 heteroatoms. The van der Waals surface area contributed by atoms with E-state index in [1.165, 1.54) is 4.88 Å². The average molecular weight is 347 g/mol. The van der Waals surface area contributed by atoms with Gasteiger partial charge in [0.1, 0.15) is 5.75 Å². The maximum atomic E-state index is 5.25. The second-order valence-electron chi connectivity index (χ2n) is 5.46. The Hall–Kier alpha value is -2.08. The number of thiazole rings is 1. The third-order valence-corrected chi connectivity index (χ3v) is 4.67. The largest absolute Gasteiger partial charge is 0.497 e. The number of aromatic nitrogens is 1. The van der Waals surface area contributed by atoms with Crippen LogP contribution >= 0.6 is 11.3 Å². The van der Waals surface area contributed by atoms with E-state index in [1.807, 2.05) is 25.1 Å². The number of methoxy groups -OCH3 is 1. The zero-order chi connectivity index (χ0) is 17.4. The quantitative estimate of drug-likeness (QED) is 0.597.